The maximum atomic E-state index is 12.2. The molecule has 0 radical (unpaired) electrons. The van der Waals surface area contributed by atoms with E-state index in [1.165, 1.54) is 5.56 Å². The first-order valence-corrected chi connectivity index (χ1v) is 8.57. The van der Waals surface area contributed by atoms with Gasteiger partial charge >= 0.3 is 6.03 Å². The summed E-state index contributed by atoms with van der Waals surface area (Å²) in [7, 11) is 5.95. The van der Waals surface area contributed by atoms with Gasteiger partial charge in [0.25, 0.3) is 0 Å². The van der Waals surface area contributed by atoms with Crippen molar-refractivity contribution in [2.24, 2.45) is 7.05 Å². The molecule has 0 saturated heterocycles. The van der Waals surface area contributed by atoms with E-state index in [0.29, 0.717) is 6.54 Å². The Bertz CT molecular complexity index is 735. The number of anilines is 1. The third-order valence-corrected chi connectivity index (χ3v) is 4.43. The number of carbonyl (C=O) groups is 1. The molecule has 2 N–H and O–H groups in total. The Morgan fingerprint density at radius 1 is 1.32 bits per heavy atom. The Hall–Kier alpha value is -2.50. The first-order valence-electron chi connectivity index (χ1n) is 8.57. The molecule has 0 saturated carbocycles. The van der Waals surface area contributed by atoms with E-state index in [1.54, 1.807) is 0 Å². The number of aromatic nitrogens is 2. The van der Waals surface area contributed by atoms with E-state index in [9.17, 15) is 4.79 Å². The number of rotatable bonds is 6. The summed E-state index contributed by atoms with van der Waals surface area (Å²) in [4.78, 5) is 14.2. The van der Waals surface area contributed by atoms with Gasteiger partial charge in [0.2, 0.25) is 0 Å². The summed E-state index contributed by atoms with van der Waals surface area (Å²) in [5.74, 6) is 0. The van der Waals surface area contributed by atoms with E-state index in [2.05, 4.69) is 28.7 Å². The van der Waals surface area contributed by atoms with Crippen molar-refractivity contribution >= 4 is 11.7 Å². The normalized spacial score (nSPS) is 11.9. The van der Waals surface area contributed by atoms with Gasteiger partial charge < -0.3 is 15.5 Å². The van der Waals surface area contributed by atoms with Crippen LogP contribution < -0.4 is 15.5 Å². The van der Waals surface area contributed by atoms with Gasteiger partial charge in [-0.3, -0.25) is 4.68 Å². The number of nitrogens with one attached hydrogen (secondary N) is 2. The average Bonchev–Trinajstić information content (AvgIpc) is 2.79. The molecule has 1 atom stereocenters. The minimum Gasteiger partial charge on any atom is -0.378 e. The molecular weight excluding hydrogens is 314 g/mol. The zero-order valence-electron chi connectivity index (χ0n) is 16.1. The standard InChI is InChI=1S/C19H29N5O/c1-13(10-18-14(2)22-24(6)15(18)3)21-19(25)20-12-16-8-7-9-17(11-16)23(4)5/h7-9,11,13H,10,12H2,1-6H3,(H2,20,21,25)/t13-/m1/s1. The summed E-state index contributed by atoms with van der Waals surface area (Å²) in [5.41, 5.74) is 5.57. The van der Waals surface area contributed by atoms with Gasteiger partial charge in [0.1, 0.15) is 0 Å². The monoisotopic (exact) mass is 343 g/mol. The molecule has 0 aliphatic rings. The number of hydrogen-bond acceptors (Lipinski definition) is 3. The molecule has 2 rings (SSSR count). The lowest BCUT2D eigenvalue weighted by Crippen LogP contribution is -2.41. The maximum absolute atomic E-state index is 12.2. The molecule has 1 aromatic carbocycles. The van der Waals surface area contributed by atoms with Gasteiger partial charge in [0.05, 0.1) is 5.69 Å². The van der Waals surface area contributed by atoms with Crippen molar-refractivity contribution in [3.8, 4) is 0 Å². The van der Waals surface area contributed by atoms with Gasteiger partial charge in [0, 0.05) is 45.1 Å². The fraction of sp³-hybridized carbons (Fsp3) is 0.474. The number of amides is 2. The van der Waals surface area contributed by atoms with Crippen LogP contribution in [-0.4, -0.2) is 35.9 Å². The summed E-state index contributed by atoms with van der Waals surface area (Å²) in [6.07, 6.45) is 0.773. The lowest BCUT2D eigenvalue weighted by molar-refractivity contribution is 0.237. The Kier molecular flexibility index (Phi) is 6.07. The van der Waals surface area contributed by atoms with Crippen LogP contribution >= 0.6 is 0 Å². The Balaban J connectivity index is 1.86. The van der Waals surface area contributed by atoms with Crippen LogP contribution in [0, 0.1) is 13.8 Å². The van der Waals surface area contributed by atoms with Crippen molar-refractivity contribution in [1.29, 1.82) is 0 Å². The van der Waals surface area contributed by atoms with Gasteiger partial charge in [-0.05, 0) is 50.5 Å². The third-order valence-electron chi connectivity index (χ3n) is 4.43. The van der Waals surface area contributed by atoms with Gasteiger partial charge in [0.15, 0.2) is 0 Å². The van der Waals surface area contributed by atoms with E-state index in [-0.39, 0.29) is 12.1 Å². The van der Waals surface area contributed by atoms with E-state index >= 15 is 0 Å². The van der Waals surface area contributed by atoms with Crippen LogP contribution in [-0.2, 0) is 20.0 Å². The molecule has 0 fully saturated rings. The zero-order chi connectivity index (χ0) is 18.6. The smallest absolute Gasteiger partial charge is 0.315 e. The van der Waals surface area contributed by atoms with Crippen LogP contribution in [0.2, 0.25) is 0 Å². The molecule has 0 spiro atoms. The molecular formula is C19H29N5O. The second-order valence-electron chi connectivity index (χ2n) is 6.77. The SMILES string of the molecule is Cc1nn(C)c(C)c1C[C@@H](C)NC(=O)NCc1cccc(N(C)C)c1. The van der Waals surface area contributed by atoms with Crippen molar-refractivity contribution in [2.75, 3.05) is 19.0 Å². The first-order chi connectivity index (χ1) is 11.8. The number of aryl methyl sites for hydroxylation is 2. The maximum Gasteiger partial charge on any atom is 0.315 e. The summed E-state index contributed by atoms with van der Waals surface area (Å²) < 4.78 is 1.88. The van der Waals surface area contributed by atoms with Gasteiger partial charge in [-0.25, -0.2) is 4.79 Å². The van der Waals surface area contributed by atoms with Gasteiger partial charge in [-0.1, -0.05) is 12.1 Å². The highest BCUT2D eigenvalue weighted by Crippen LogP contribution is 2.14. The van der Waals surface area contributed by atoms with Crippen molar-refractivity contribution < 1.29 is 4.79 Å². The lowest BCUT2D eigenvalue weighted by atomic mass is 10.1. The third kappa shape index (κ3) is 4.98. The highest BCUT2D eigenvalue weighted by atomic mass is 16.2. The Morgan fingerprint density at radius 2 is 2.04 bits per heavy atom. The van der Waals surface area contributed by atoms with E-state index in [4.69, 9.17) is 0 Å². The lowest BCUT2D eigenvalue weighted by Gasteiger charge is -2.16. The van der Waals surface area contributed by atoms with Crippen LogP contribution in [0.15, 0.2) is 24.3 Å². The van der Waals surface area contributed by atoms with Crippen LogP contribution in [0.25, 0.3) is 0 Å². The number of benzene rings is 1. The number of carbonyl (C=O) groups excluding carboxylic acids is 1. The molecule has 0 aliphatic carbocycles. The molecule has 0 unspecified atom stereocenters. The largest absolute Gasteiger partial charge is 0.378 e. The summed E-state index contributed by atoms with van der Waals surface area (Å²) in [6.45, 7) is 6.58. The predicted octanol–water partition coefficient (Wildman–Crippen LogP) is 2.53. The van der Waals surface area contributed by atoms with E-state index in [0.717, 1.165) is 29.1 Å². The second-order valence-corrected chi connectivity index (χ2v) is 6.77. The molecule has 1 aromatic heterocycles. The molecule has 0 bridgehead atoms. The Labute approximate surface area is 150 Å². The summed E-state index contributed by atoms with van der Waals surface area (Å²) in [5, 5.41) is 10.4. The topological polar surface area (TPSA) is 62.2 Å². The van der Waals surface area contributed by atoms with Crippen LogP contribution in [0.3, 0.4) is 0 Å². The first kappa shape index (κ1) is 18.8. The molecule has 2 aromatic rings. The minimum atomic E-state index is -0.151. The van der Waals surface area contributed by atoms with Gasteiger partial charge in [-0.15, -0.1) is 0 Å². The van der Waals surface area contributed by atoms with Crippen LogP contribution in [0.4, 0.5) is 10.5 Å². The number of nitrogens with zero attached hydrogens (tertiary/aromatic N) is 3. The van der Waals surface area contributed by atoms with Gasteiger partial charge in [-0.2, -0.15) is 5.10 Å². The predicted molar refractivity (Wildman–Crippen MR) is 102 cm³/mol. The van der Waals surface area contributed by atoms with Crippen molar-refractivity contribution in [1.82, 2.24) is 20.4 Å². The fourth-order valence-corrected chi connectivity index (χ4v) is 2.87. The van der Waals surface area contributed by atoms with E-state index in [1.807, 2.05) is 62.8 Å². The molecule has 6 heteroatoms. The summed E-state index contributed by atoms with van der Waals surface area (Å²) in [6, 6.07) is 8.02. The molecule has 1 heterocycles. The number of hydrogen-bond donors (Lipinski definition) is 2. The quantitative estimate of drug-likeness (QED) is 0.847. The molecule has 2 amide bonds. The molecule has 0 aliphatic heterocycles. The highest BCUT2D eigenvalue weighted by molar-refractivity contribution is 5.74. The molecule has 6 nitrogen and oxygen atoms in total. The second kappa shape index (κ2) is 8.05. The molecule has 136 valence electrons. The average molecular weight is 343 g/mol. The zero-order valence-corrected chi connectivity index (χ0v) is 16.1. The van der Waals surface area contributed by atoms with Crippen molar-refractivity contribution in [3.63, 3.8) is 0 Å². The fourth-order valence-electron chi connectivity index (χ4n) is 2.87. The van der Waals surface area contributed by atoms with Crippen molar-refractivity contribution in [3.05, 3.63) is 46.8 Å². The van der Waals surface area contributed by atoms with Crippen molar-refractivity contribution in [2.45, 2.75) is 39.8 Å². The summed E-state index contributed by atoms with van der Waals surface area (Å²) >= 11 is 0. The molecule has 25 heavy (non-hydrogen) atoms. The van der Waals surface area contributed by atoms with Crippen LogP contribution in [0.1, 0.15) is 29.4 Å². The minimum absolute atomic E-state index is 0.0368. The Morgan fingerprint density at radius 3 is 2.64 bits per heavy atom. The van der Waals surface area contributed by atoms with Crippen LogP contribution in [0.5, 0.6) is 0 Å². The van der Waals surface area contributed by atoms with E-state index < -0.39 is 0 Å². The number of urea groups is 1. The highest BCUT2D eigenvalue weighted by Gasteiger charge is 2.14.